The molecule has 1 aliphatic rings. The lowest BCUT2D eigenvalue weighted by molar-refractivity contribution is -0.139. The largest absolute Gasteiger partial charge is 0.480 e. The Bertz CT molecular complexity index is 366. The molecule has 1 aliphatic heterocycles. The van der Waals surface area contributed by atoms with Gasteiger partial charge in [-0.1, -0.05) is 0 Å². The predicted molar refractivity (Wildman–Crippen MR) is 56.4 cm³/mol. The number of hydrogen-bond donors (Lipinski definition) is 4. The maximum Gasteiger partial charge on any atom is 0.326 e. The summed E-state index contributed by atoms with van der Waals surface area (Å²) in [5.41, 5.74) is 0. The lowest BCUT2D eigenvalue weighted by atomic mass is 10.2. The molecule has 0 radical (unpaired) electrons. The number of aliphatic hydroxyl groups is 1. The number of rotatable bonds is 4. The van der Waals surface area contributed by atoms with Gasteiger partial charge in [-0.15, -0.1) is 0 Å². The molecule has 0 bridgehead atoms. The van der Waals surface area contributed by atoms with Crippen LogP contribution < -0.4 is 10.6 Å². The third kappa shape index (κ3) is 3.70. The first-order valence-electron chi connectivity index (χ1n) is 5.16. The van der Waals surface area contributed by atoms with E-state index in [4.69, 9.17) is 10.2 Å². The van der Waals surface area contributed by atoms with Crippen molar-refractivity contribution in [2.24, 2.45) is 0 Å². The first-order valence-corrected chi connectivity index (χ1v) is 5.16. The number of imide groups is 1. The van der Waals surface area contributed by atoms with Crippen LogP contribution in [0.15, 0.2) is 0 Å². The fourth-order valence-electron chi connectivity index (χ4n) is 1.41. The zero-order valence-electron chi connectivity index (χ0n) is 9.38. The Hall–Kier alpha value is -2.16. The lowest BCUT2D eigenvalue weighted by Gasteiger charge is -2.27. The number of amides is 4. The maximum atomic E-state index is 11.6. The van der Waals surface area contributed by atoms with Gasteiger partial charge in [-0.25, -0.2) is 9.59 Å². The van der Waals surface area contributed by atoms with Crippen molar-refractivity contribution in [2.45, 2.75) is 12.5 Å². The smallest absolute Gasteiger partial charge is 0.326 e. The molecule has 18 heavy (non-hydrogen) atoms. The topological polar surface area (TPSA) is 136 Å². The van der Waals surface area contributed by atoms with Gasteiger partial charge in [0.05, 0.1) is 0 Å². The van der Waals surface area contributed by atoms with Crippen LogP contribution in [0.5, 0.6) is 0 Å². The Balaban J connectivity index is 2.60. The highest BCUT2D eigenvalue weighted by Gasteiger charge is 2.29. The Kier molecular flexibility index (Phi) is 4.60. The lowest BCUT2D eigenvalue weighted by Crippen LogP contribution is -2.57. The molecule has 1 saturated heterocycles. The summed E-state index contributed by atoms with van der Waals surface area (Å²) >= 11 is 0. The molecule has 0 spiro atoms. The van der Waals surface area contributed by atoms with Crippen LogP contribution in [-0.2, 0) is 14.4 Å². The van der Waals surface area contributed by atoms with Crippen molar-refractivity contribution in [3.05, 3.63) is 0 Å². The zero-order chi connectivity index (χ0) is 13.7. The second-order valence-corrected chi connectivity index (χ2v) is 3.68. The summed E-state index contributed by atoms with van der Waals surface area (Å²) in [6.07, 6.45) is -0.158. The average molecular weight is 259 g/mol. The molecule has 1 atom stereocenters. The molecular weight excluding hydrogens is 246 g/mol. The van der Waals surface area contributed by atoms with E-state index >= 15 is 0 Å². The van der Waals surface area contributed by atoms with Gasteiger partial charge in [0.15, 0.2) is 0 Å². The molecule has 4 amide bonds. The number of nitrogens with one attached hydrogen (secondary N) is 2. The summed E-state index contributed by atoms with van der Waals surface area (Å²) in [4.78, 5) is 45.3. The summed E-state index contributed by atoms with van der Waals surface area (Å²) in [6, 6.07) is -2.10. The minimum absolute atomic E-state index is 0.158. The van der Waals surface area contributed by atoms with E-state index in [1.807, 2.05) is 5.32 Å². The quantitative estimate of drug-likeness (QED) is 0.412. The van der Waals surface area contributed by atoms with Crippen LogP contribution in [0.3, 0.4) is 0 Å². The van der Waals surface area contributed by atoms with Gasteiger partial charge in [-0.2, -0.15) is 0 Å². The van der Waals surface area contributed by atoms with Crippen LogP contribution in [0.2, 0.25) is 0 Å². The number of nitrogens with zero attached hydrogens (tertiary/aromatic N) is 1. The number of aliphatic carboxylic acids is 1. The molecule has 1 fully saturated rings. The van der Waals surface area contributed by atoms with E-state index in [-0.39, 0.29) is 19.5 Å². The first-order chi connectivity index (χ1) is 8.43. The number of aliphatic hydroxyl groups excluding tert-OH is 1. The van der Waals surface area contributed by atoms with Crippen molar-refractivity contribution >= 4 is 23.8 Å². The van der Waals surface area contributed by atoms with Crippen LogP contribution >= 0.6 is 0 Å². The van der Waals surface area contributed by atoms with Gasteiger partial charge in [0.25, 0.3) is 0 Å². The maximum absolute atomic E-state index is 11.6. The molecule has 100 valence electrons. The van der Waals surface area contributed by atoms with Crippen molar-refractivity contribution < 1.29 is 29.4 Å². The molecule has 9 nitrogen and oxygen atoms in total. The summed E-state index contributed by atoms with van der Waals surface area (Å²) in [5.74, 6) is -2.56. The van der Waals surface area contributed by atoms with Crippen LogP contribution in [0.25, 0.3) is 0 Å². The van der Waals surface area contributed by atoms with Crippen molar-refractivity contribution in [1.82, 2.24) is 15.5 Å². The van der Waals surface area contributed by atoms with Gasteiger partial charge in [-0.3, -0.25) is 14.9 Å². The van der Waals surface area contributed by atoms with Crippen LogP contribution in [0, 0.1) is 0 Å². The Morgan fingerprint density at radius 3 is 2.33 bits per heavy atom. The Labute approximate surface area is 102 Å². The molecule has 0 aliphatic carbocycles. The van der Waals surface area contributed by atoms with Gasteiger partial charge in [-0.05, 0) is 0 Å². The van der Waals surface area contributed by atoms with E-state index in [1.165, 1.54) is 0 Å². The number of carboxylic acid groups (broad SMARTS) is 1. The highest BCUT2D eigenvalue weighted by Crippen LogP contribution is 1.98. The van der Waals surface area contributed by atoms with Gasteiger partial charge in [0, 0.05) is 13.0 Å². The van der Waals surface area contributed by atoms with Crippen molar-refractivity contribution in [1.29, 1.82) is 0 Å². The minimum Gasteiger partial charge on any atom is -0.480 e. The fraction of sp³-hybridized carbons (Fsp3) is 0.556. The van der Waals surface area contributed by atoms with E-state index < -0.39 is 36.5 Å². The standard InChI is InChI=1S/C9H13N3O6/c13-2-1-5(8(16)17)10-9(18)12-3-6(14)11-7(15)4-12/h5,13H,1-4H2,(H,10,18)(H,16,17)(H,11,14,15)/t5-/m0/s1. The number of urea groups is 1. The molecular formula is C9H13N3O6. The third-order valence-electron chi connectivity index (χ3n) is 2.25. The number of piperazine rings is 1. The predicted octanol–water partition coefficient (Wildman–Crippen LogP) is -2.51. The minimum atomic E-state index is -1.30. The zero-order valence-corrected chi connectivity index (χ0v) is 9.38. The van der Waals surface area contributed by atoms with Crippen molar-refractivity contribution in [3.63, 3.8) is 0 Å². The SMILES string of the molecule is O=C1CN(C(=O)N[C@@H](CCO)C(=O)O)CC(=O)N1. The highest BCUT2D eigenvalue weighted by atomic mass is 16.4. The van der Waals surface area contributed by atoms with E-state index in [1.54, 1.807) is 0 Å². The van der Waals surface area contributed by atoms with Gasteiger partial charge < -0.3 is 20.4 Å². The first kappa shape index (κ1) is 13.9. The van der Waals surface area contributed by atoms with Crippen molar-refractivity contribution in [3.8, 4) is 0 Å². The van der Waals surface area contributed by atoms with Crippen LogP contribution in [0.1, 0.15) is 6.42 Å². The van der Waals surface area contributed by atoms with E-state index in [0.29, 0.717) is 0 Å². The molecule has 0 saturated carbocycles. The fourth-order valence-corrected chi connectivity index (χ4v) is 1.41. The summed E-state index contributed by atoms with van der Waals surface area (Å²) < 4.78 is 0. The third-order valence-corrected chi connectivity index (χ3v) is 2.25. The van der Waals surface area contributed by atoms with Gasteiger partial charge in [0.2, 0.25) is 11.8 Å². The summed E-state index contributed by atoms with van der Waals surface area (Å²) in [6.45, 7) is -1.04. The van der Waals surface area contributed by atoms with Crippen LogP contribution in [0.4, 0.5) is 4.79 Å². The summed E-state index contributed by atoms with van der Waals surface area (Å²) in [5, 5.41) is 21.5. The van der Waals surface area contributed by atoms with E-state index in [9.17, 15) is 19.2 Å². The van der Waals surface area contributed by atoms with Crippen molar-refractivity contribution in [2.75, 3.05) is 19.7 Å². The number of carbonyl (C=O) groups excluding carboxylic acids is 3. The summed E-state index contributed by atoms with van der Waals surface area (Å²) in [7, 11) is 0. The van der Waals surface area contributed by atoms with Gasteiger partial charge in [0.1, 0.15) is 19.1 Å². The second kappa shape index (κ2) is 5.96. The second-order valence-electron chi connectivity index (χ2n) is 3.68. The number of carbonyl (C=O) groups is 4. The molecule has 0 unspecified atom stereocenters. The molecule has 9 heteroatoms. The van der Waals surface area contributed by atoms with Crippen LogP contribution in [-0.4, -0.2) is 64.7 Å². The molecule has 0 aromatic carbocycles. The molecule has 1 heterocycles. The number of carboxylic acids is 1. The van der Waals surface area contributed by atoms with Gasteiger partial charge >= 0.3 is 12.0 Å². The Morgan fingerprint density at radius 2 is 1.89 bits per heavy atom. The molecule has 0 aromatic heterocycles. The number of hydrogen-bond acceptors (Lipinski definition) is 5. The normalized spacial score (nSPS) is 17.1. The van der Waals surface area contributed by atoms with E-state index in [0.717, 1.165) is 4.90 Å². The Morgan fingerprint density at radius 1 is 1.33 bits per heavy atom. The molecule has 4 N–H and O–H groups in total. The molecule has 1 rings (SSSR count). The highest BCUT2D eigenvalue weighted by molar-refractivity contribution is 6.02. The molecule has 0 aromatic rings. The average Bonchev–Trinajstić information content (AvgIpc) is 2.26. The monoisotopic (exact) mass is 259 g/mol. The van der Waals surface area contributed by atoms with E-state index in [2.05, 4.69) is 5.32 Å².